The molecule has 9 nitrogen and oxygen atoms in total. The predicted molar refractivity (Wildman–Crippen MR) is 219 cm³/mol. The number of nitrogens with one attached hydrogen (secondary N) is 2. The average Bonchev–Trinajstić information content (AvgIpc) is 3.14. The third-order valence-corrected chi connectivity index (χ3v) is 10.1. The number of thiol groups is 1. The Hall–Kier alpha value is -1.81. The molecule has 2 amide bonds. The molecule has 0 aliphatic carbocycles. The van der Waals surface area contributed by atoms with E-state index < -0.39 is 35.8 Å². The Labute approximate surface area is 324 Å². The first-order valence-electron chi connectivity index (χ1n) is 21.6. The Morgan fingerprint density at radius 2 is 0.923 bits per heavy atom. The van der Waals surface area contributed by atoms with Gasteiger partial charge in [0.2, 0.25) is 11.8 Å². The number of esters is 2. The van der Waals surface area contributed by atoms with Crippen LogP contribution in [-0.4, -0.2) is 61.3 Å². The fraction of sp³-hybridized carbons (Fsp3) is 0.905. The summed E-state index contributed by atoms with van der Waals surface area (Å²) in [5.41, 5.74) is 5.94. The van der Waals surface area contributed by atoms with Gasteiger partial charge < -0.3 is 25.8 Å². The fourth-order valence-corrected chi connectivity index (χ4v) is 6.51. The van der Waals surface area contributed by atoms with E-state index in [0.29, 0.717) is 13.2 Å². The van der Waals surface area contributed by atoms with Gasteiger partial charge in [0.1, 0.15) is 18.6 Å². The van der Waals surface area contributed by atoms with E-state index in [4.69, 9.17) is 15.2 Å². The molecule has 10 heteroatoms. The molecule has 0 saturated heterocycles. The predicted octanol–water partition coefficient (Wildman–Crippen LogP) is 9.67. The number of unbranched alkanes of at least 4 members (excludes halogenated alkanes) is 26. The molecule has 0 radical (unpaired) electrons. The van der Waals surface area contributed by atoms with Gasteiger partial charge in [0.15, 0.2) is 0 Å². The van der Waals surface area contributed by atoms with Crippen molar-refractivity contribution in [1.82, 2.24) is 10.6 Å². The summed E-state index contributed by atoms with van der Waals surface area (Å²) in [5.74, 6) is -1.92. The quantitative estimate of drug-likeness (QED) is 0.0279. The molecule has 0 aromatic carbocycles. The van der Waals surface area contributed by atoms with Gasteiger partial charge in [0.25, 0.3) is 0 Å². The molecule has 0 spiro atoms. The topological polar surface area (TPSA) is 137 Å². The van der Waals surface area contributed by atoms with Gasteiger partial charge in [-0.25, -0.2) is 0 Å². The number of ether oxygens (including phenoxy) is 2. The SMILES string of the molecule is CCCCCCCCCCCCCCCCOC(=O)CNC(=O)C(CS)NC(=O)CCC(N)C(=O)OCCCCCCCCCCCCCCCC. The molecule has 2 unspecified atom stereocenters. The molecule has 0 saturated carbocycles. The van der Waals surface area contributed by atoms with E-state index in [2.05, 4.69) is 37.1 Å². The highest BCUT2D eigenvalue weighted by Gasteiger charge is 2.22. The lowest BCUT2D eigenvalue weighted by atomic mass is 10.0. The molecule has 0 aromatic rings. The molecule has 0 bridgehead atoms. The van der Waals surface area contributed by atoms with E-state index in [-0.39, 0.29) is 25.1 Å². The summed E-state index contributed by atoms with van der Waals surface area (Å²) in [5, 5.41) is 5.11. The summed E-state index contributed by atoms with van der Waals surface area (Å²) in [6.07, 6.45) is 35.3. The number of nitrogens with two attached hydrogens (primary N) is 1. The van der Waals surface area contributed by atoms with Gasteiger partial charge in [-0.05, 0) is 19.3 Å². The van der Waals surface area contributed by atoms with Gasteiger partial charge in [-0.3, -0.25) is 19.2 Å². The third-order valence-electron chi connectivity index (χ3n) is 9.73. The fourth-order valence-electron chi connectivity index (χ4n) is 6.26. The second-order valence-electron chi connectivity index (χ2n) is 14.7. The average molecular weight is 756 g/mol. The van der Waals surface area contributed by atoms with Crippen LogP contribution < -0.4 is 16.4 Å². The van der Waals surface area contributed by atoms with Crippen molar-refractivity contribution < 1.29 is 28.7 Å². The highest BCUT2D eigenvalue weighted by molar-refractivity contribution is 7.80. The zero-order valence-corrected chi connectivity index (χ0v) is 34.6. The van der Waals surface area contributed by atoms with Crippen LogP contribution in [0.25, 0.3) is 0 Å². The summed E-state index contributed by atoms with van der Waals surface area (Å²) in [6.45, 7) is 4.91. The highest BCUT2D eigenvalue weighted by Crippen LogP contribution is 2.14. The minimum absolute atomic E-state index is 0.0338. The number of carbonyl (C=O) groups excluding carboxylic acids is 4. The lowest BCUT2D eigenvalue weighted by Crippen LogP contribution is -2.49. The molecule has 0 aliphatic heterocycles. The summed E-state index contributed by atoms with van der Waals surface area (Å²) < 4.78 is 10.6. The van der Waals surface area contributed by atoms with Crippen LogP contribution in [0.4, 0.5) is 0 Å². The van der Waals surface area contributed by atoms with Crippen molar-refractivity contribution >= 4 is 36.4 Å². The third kappa shape index (κ3) is 34.0. The summed E-state index contributed by atoms with van der Waals surface area (Å²) in [4.78, 5) is 49.3. The van der Waals surface area contributed by atoms with Crippen LogP contribution >= 0.6 is 12.6 Å². The van der Waals surface area contributed by atoms with Crippen LogP contribution in [0, 0.1) is 0 Å². The van der Waals surface area contributed by atoms with Crippen LogP contribution in [0.2, 0.25) is 0 Å². The van der Waals surface area contributed by atoms with Crippen molar-refractivity contribution in [2.24, 2.45) is 5.73 Å². The first-order valence-corrected chi connectivity index (χ1v) is 22.2. The normalized spacial score (nSPS) is 12.3. The molecule has 306 valence electrons. The monoisotopic (exact) mass is 756 g/mol. The zero-order chi connectivity index (χ0) is 38.3. The molecule has 0 fully saturated rings. The lowest BCUT2D eigenvalue weighted by Gasteiger charge is -2.17. The number of hydrogen-bond acceptors (Lipinski definition) is 8. The second kappa shape index (κ2) is 38.9. The smallest absolute Gasteiger partial charge is 0.325 e. The van der Waals surface area contributed by atoms with Gasteiger partial charge in [0.05, 0.1) is 13.2 Å². The number of amides is 2. The van der Waals surface area contributed by atoms with Crippen molar-refractivity contribution in [1.29, 1.82) is 0 Å². The van der Waals surface area contributed by atoms with Gasteiger partial charge in [-0.15, -0.1) is 0 Å². The Balaban J connectivity index is 3.79. The second-order valence-corrected chi connectivity index (χ2v) is 15.1. The van der Waals surface area contributed by atoms with E-state index in [9.17, 15) is 19.2 Å². The van der Waals surface area contributed by atoms with Crippen LogP contribution in [0.5, 0.6) is 0 Å². The molecular weight excluding hydrogens is 675 g/mol. The van der Waals surface area contributed by atoms with E-state index in [1.165, 1.54) is 141 Å². The van der Waals surface area contributed by atoms with Gasteiger partial charge in [0, 0.05) is 12.2 Å². The van der Waals surface area contributed by atoms with E-state index >= 15 is 0 Å². The zero-order valence-electron chi connectivity index (χ0n) is 33.7. The minimum atomic E-state index is -0.919. The number of hydrogen-bond donors (Lipinski definition) is 4. The Bertz CT molecular complexity index is 862. The maximum absolute atomic E-state index is 12.5. The van der Waals surface area contributed by atoms with Crippen molar-refractivity contribution in [3.05, 3.63) is 0 Å². The van der Waals surface area contributed by atoms with Gasteiger partial charge in [-0.2, -0.15) is 12.6 Å². The van der Waals surface area contributed by atoms with Gasteiger partial charge >= 0.3 is 11.9 Å². The first kappa shape index (κ1) is 50.2. The first-order chi connectivity index (χ1) is 25.3. The molecule has 2 atom stereocenters. The van der Waals surface area contributed by atoms with Crippen LogP contribution in [0.1, 0.15) is 206 Å². The van der Waals surface area contributed by atoms with Crippen molar-refractivity contribution in [2.75, 3.05) is 25.5 Å². The summed E-state index contributed by atoms with van der Waals surface area (Å²) >= 11 is 4.17. The maximum Gasteiger partial charge on any atom is 0.325 e. The number of carbonyl (C=O) groups is 4. The lowest BCUT2D eigenvalue weighted by molar-refractivity contribution is -0.145. The minimum Gasteiger partial charge on any atom is -0.465 e. The Kier molecular flexibility index (Phi) is 37.5. The van der Waals surface area contributed by atoms with Gasteiger partial charge in [-0.1, -0.05) is 181 Å². The molecular formula is C42H81N3O6S. The highest BCUT2D eigenvalue weighted by atomic mass is 32.1. The van der Waals surface area contributed by atoms with Crippen molar-refractivity contribution in [3.8, 4) is 0 Å². The summed E-state index contributed by atoms with van der Waals surface area (Å²) in [6, 6.07) is -1.83. The largest absolute Gasteiger partial charge is 0.465 e. The molecule has 0 rings (SSSR count). The molecule has 4 N–H and O–H groups in total. The summed E-state index contributed by atoms with van der Waals surface area (Å²) in [7, 11) is 0. The Morgan fingerprint density at radius 1 is 0.558 bits per heavy atom. The number of rotatable bonds is 39. The molecule has 0 aromatic heterocycles. The Morgan fingerprint density at radius 3 is 1.31 bits per heavy atom. The van der Waals surface area contributed by atoms with Crippen molar-refractivity contribution in [2.45, 2.75) is 219 Å². The van der Waals surface area contributed by atoms with E-state index in [0.717, 1.165) is 38.5 Å². The van der Waals surface area contributed by atoms with E-state index in [1.807, 2.05) is 0 Å². The molecule has 0 aliphatic rings. The maximum atomic E-state index is 12.5. The van der Waals surface area contributed by atoms with E-state index in [1.54, 1.807) is 0 Å². The van der Waals surface area contributed by atoms with Crippen LogP contribution in [-0.2, 0) is 28.7 Å². The van der Waals surface area contributed by atoms with Crippen LogP contribution in [0.3, 0.4) is 0 Å². The standard InChI is InChI=1S/C42H81N3O6S/c1-3-5-7-9-11-13-15-17-19-21-23-25-27-29-33-50-40(47)35-44-41(48)38(36-52)45-39(46)32-31-37(43)42(49)51-34-30-28-26-24-22-20-18-16-14-12-10-8-6-4-2/h37-38,52H,3-36,43H2,1-2H3,(H,44,48)(H,45,46). The van der Waals surface area contributed by atoms with Crippen molar-refractivity contribution in [3.63, 3.8) is 0 Å². The van der Waals surface area contributed by atoms with Crippen LogP contribution in [0.15, 0.2) is 0 Å². The molecule has 0 heterocycles. The molecule has 52 heavy (non-hydrogen) atoms.